The van der Waals surface area contributed by atoms with Crippen molar-refractivity contribution in [3.63, 3.8) is 0 Å². The SMILES string of the molecule is COCCCCS(=O)(=O)N1CC(C)(C)C1c1ccccc1. The van der Waals surface area contributed by atoms with Gasteiger partial charge >= 0.3 is 0 Å². The summed E-state index contributed by atoms with van der Waals surface area (Å²) in [5.74, 6) is 0.204. The smallest absolute Gasteiger partial charge is 0.214 e. The van der Waals surface area contributed by atoms with E-state index >= 15 is 0 Å². The lowest BCUT2D eigenvalue weighted by Crippen LogP contribution is -2.58. The van der Waals surface area contributed by atoms with E-state index in [1.54, 1.807) is 11.4 Å². The summed E-state index contributed by atoms with van der Waals surface area (Å²) in [5, 5.41) is 0. The maximum Gasteiger partial charge on any atom is 0.214 e. The number of unbranched alkanes of at least 4 members (excludes halogenated alkanes) is 1. The average Bonchev–Trinajstić information content (AvgIpc) is 2.42. The summed E-state index contributed by atoms with van der Waals surface area (Å²) in [7, 11) is -1.56. The van der Waals surface area contributed by atoms with Crippen molar-refractivity contribution in [2.24, 2.45) is 5.41 Å². The van der Waals surface area contributed by atoms with E-state index < -0.39 is 10.0 Å². The van der Waals surface area contributed by atoms with Gasteiger partial charge in [-0.25, -0.2) is 8.42 Å². The summed E-state index contributed by atoms with van der Waals surface area (Å²) < 4.78 is 31.7. The van der Waals surface area contributed by atoms with Gasteiger partial charge in [-0.05, 0) is 23.8 Å². The second-order valence-corrected chi connectivity index (χ2v) is 8.40. The minimum Gasteiger partial charge on any atom is -0.385 e. The predicted octanol–water partition coefficient (Wildman–Crippen LogP) is 2.83. The third-order valence-electron chi connectivity index (χ3n) is 4.06. The molecule has 1 heterocycles. The Kier molecular flexibility index (Phi) is 5.07. The van der Waals surface area contributed by atoms with Gasteiger partial charge in [0.1, 0.15) is 0 Å². The molecule has 0 spiro atoms. The summed E-state index contributed by atoms with van der Waals surface area (Å²) in [6.45, 7) is 5.46. The summed E-state index contributed by atoms with van der Waals surface area (Å²) in [4.78, 5) is 0. The van der Waals surface area contributed by atoms with E-state index in [9.17, 15) is 8.42 Å². The molecule has 1 aliphatic rings. The number of hydrogen-bond acceptors (Lipinski definition) is 3. The molecule has 118 valence electrons. The summed E-state index contributed by atoms with van der Waals surface area (Å²) >= 11 is 0. The van der Waals surface area contributed by atoms with Crippen LogP contribution in [0.25, 0.3) is 0 Å². The molecule has 1 aromatic rings. The van der Waals surface area contributed by atoms with Gasteiger partial charge in [-0.2, -0.15) is 4.31 Å². The zero-order valence-corrected chi connectivity index (χ0v) is 13.9. The minimum absolute atomic E-state index is 0.0129. The van der Waals surface area contributed by atoms with Crippen LogP contribution in [0.4, 0.5) is 0 Å². The summed E-state index contributed by atoms with van der Waals surface area (Å²) in [5.41, 5.74) is 1.07. The van der Waals surface area contributed by atoms with Crippen molar-refractivity contribution in [1.29, 1.82) is 0 Å². The highest BCUT2D eigenvalue weighted by atomic mass is 32.2. The van der Waals surface area contributed by atoms with Crippen LogP contribution in [0.1, 0.15) is 38.3 Å². The first-order chi connectivity index (χ1) is 9.88. The standard InChI is InChI=1S/C16H25NO3S/c1-16(2)13-17(15(16)14-9-5-4-6-10-14)21(18,19)12-8-7-11-20-3/h4-6,9-10,15H,7-8,11-13H2,1-3H3. The Bertz CT molecular complexity index is 554. The van der Waals surface area contributed by atoms with Crippen LogP contribution in [0.15, 0.2) is 30.3 Å². The van der Waals surface area contributed by atoms with Crippen molar-refractivity contribution in [3.8, 4) is 0 Å². The molecule has 1 aliphatic heterocycles. The maximum atomic E-state index is 12.5. The summed E-state index contributed by atoms with van der Waals surface area (Å²) in [6.07, 6.45) is 1.43. The van der Waals surface area contributed by atoms with Gasteiger partial charge in [0.2, 0.25) is 10.0 Å². The molecule has 1 saturated heterocycles. The van der Waals surface area contributed by atoms with Crippen LogP contribution in [0.2, 0.25) is 0 Å². The molecule has 0 radical (unpaired) electrons. The highest BCUT2D eigenvalue weighted by molar-refractivity contribution is 7.89. The topological polar surface area (TPSA) is 46.6 Å². The molecule has 0 N–H and O–H groups in total. The Morgan fingerprint density at radius 1 is 1.24 bits per heavy atom. The molecule has 0 bridgehead atoms. The molecule has 2 rings (SSSR count). The first-order valence-electron chi connectivity index (χ1n) is 7.42. The number of hydrogen-bond donors (Lipinski definition) is 0. The quantitative estimate of drug-likeness (QED) is 0.728. The zero-order valence-electron chi connectivity index (χ0n) is 13.1. The Morgan fingerprint density at radius 2 is 1.90 bits per heavy atom. The molecule has 0 amide bonds. The molecule has 1 unspecified atom stereocenters. The Labute approximate surface area is 128 Å². The highest BCUT2D eigenvalue weighted by Gasteiger charge is 2.51. The van der Waals surface area contributed by atoms with Gasteiger partial charge in [0.15, 0.2) is 0 Å². The lowest BCUT2D eigenvalue weighted by Gasteiger charge is -2.53. The van der Waals surface area contributed by atoms with Crippen LogP contribution in [0, 0.1) is 5.41 Å². The van der Waals surface area contributed by atoms with Gasteiger partial charge in [-0.1, -0.05) is 44.2 Å². The van der Waals surface area contributed by atoms with E-state index in [-0.39, 0.29) is 17.2 Å². The van der Waals surface area contributed by atoms with Crippen molar-refractivity contribution in [2.75, 3.05) is 26.0 Å². The van der Waals surface area contributed by atoms with Gasteiger partial charge in [0.25, 0.3) is 0 Å². The first kappa shape index (κ1) is 16.5. The van der Waals surface area contributed by atoms with Crippen molar-refractivity contribution in [1.82, 2.24) is 4.31 Å². The van der Waals surface area contributed by atoms with Gasteiger partial charge in [0.05, 0.1) is 11.8 Å². The lowest BCUT2D eigenvalue weighted by atomic mass is 9.74. The molecular weight excluding hydrogens is 286 g/mol. The molecule has 4 nitrogen and oxygen atoms in total. The van der Waals surface area contributed by atoms with Gasteiger partial charge in [-0.15, -0.1) is 0 Å². The normalized spacial score (nSPS) is 22.0. The number of rotatable bonds is 7. The first-order valence-corrected chi connectivity index (χ1v) is 9.03. The third-order valence-corrected chi connectivity index (χ3v) is 5.92. The Morgan fingerprint density at radius 3 is 2.48 bits per heavy atom. The lowest BCUT2D eigenvalue weighted by molar-refractivity contribution is 0.0197. The van der Waals surface area contributed by atoms with E-state index in [1.165, 1.54) is 0 Å². The fraction of sp³-hybridized carbons (Fsp3) is 0.625. The van der Waals surface area contributed by atoms with Crippen LogP contribution in [-0.2, 0) is 14.8 Å². The molecule has 1 fully saturated rings. The fourth-order valence-corrected chi connectivity index (χ4v) is 5.08. The number of sulfonamides is 1. The van der Waals surface area contributed by atoms with E-state index in [1.807, 2.05) is 30.3 Å². The zero-order chi connectivity index (χ0) is 15.5. The largest absolute Gasteiger partial charge is 0.385 e. The highest BCUT2D eigenvalue weighted by Crippen LogP contribution is 2.49. The minimum atomic E-state index is -3.19. The molecule has 0 aliphatic carbocycles. The molecule has 1 aromatic carbocycles. The molecular formula is C16H25NO3S. The van der Waals surface area contributed by atoms with Crippen LogP contribution in [0.5, 0.6) is 0 Å². The second-order valence-electron chi connectivity index (χ2n) is 6.36. The molecule has 0 aromatic heterocycles. The average molecular weight is 311 g/mol. The van der Waals surface area contributed by atoms with Gasteiger partial charge < -0.3 is 4.74 Å². The van der Waals surface area contributed by atoms with E-state index in [2.05, 4.69) is 13.8 Å². The molecule has 1 atom stereocenters. The monoisotopic (exact) mass is 311 g/mol. The van der Waals surface area contributed by atoms with Crippen LogP contribution in [-0.4, -0.2) is 38.7 Å². The van der Waals surface area contributed by atoms with E-state index in [0.29, 0.717) is 19.6 Å². The van der Waals surface area contributed by atoms with Crippen LogP contribution >= 0.6 is 0 Å². The van der Waals surface area contributed by atoms with Gasteiger partial charge in [0, 0.05) is 20.3 Å². The van der Waals surface area contributed by atoms with E-state index in [0.717, 1.165) is 12.0 Å². The number of methoxy groups -OCH3 is 1. The molecule has 0 saturated carbocycles. The number of ether oxygens (including phenoxy) is 1. The number of benzene rings is 1. The van der Waals surface area contributed by atoms with Crippen LogP contribution in [0.3, 0.4) is 0 Å². The third kappa shape index (κ3) is 3.65. The summed E-state index contributed by atoms with van der Waals surface area (Å²) in [6, 6.07) is 9.86. The predicted molar refractivity (Wildman–Crippen MR) is 84.6 cm³/mol. The maximum absolute atomic E-state index is 12.5. The Hall–Kier alpha value is -0.910. The van der Waals surface area contributed by atoms with E-state index in [4.69, 9.17) is 4.74 Å². The fourth-order valence-electron chi connectivity index (χ4n) is 3.02. The second kappa shape index (κ2) is 6.46. The van der Waals surface area contributed by atoms with Crippen molar-refractivity contribution >= 4 is 10.0 Å². The van der Waals surface area contributed by atoms with Crippen molar-refractivity contribution in [2.45, 2.75) is 32.7 Å². The van der Waals surface area contributed by atoms with Gasteiger partial charge in [-0.3, -0.25) is 0 Å². The Balaban J connectivity index is 2.09. The van der Waals surface area contributed by atoms with Crippen molar-refractivity contribution in [3.05, 3.63) is 35.9 Å². The number of nitrogens with zero attached hydrogens (tertiary/aromatic N) is 1. The van der Waals surface area contributed by atoms with Crippen LogP contribution < -0.4 is 0 Å². The van der Waals surface area contributed by atoms with Crippen molar-refractivity contribution < 1.29 is 13.2 Å². The molecule has 21 heavy (non-hydrogen) atoms. The molecule has 5 heteroatoms.